The van der Waals surface area contributed by atoms with Crippen LogP contribution >= 0.6 is 0 Å². The molecule has 82 valence electrons. The van der Waals surface area contributed by atoms with Crippen molar-refractivity contribution in [2.45, 2.75) is 6.92 Å². The Bertz CT molecular complexity index is 327. The van der Waals surface area contributed by atoms with Crippen LogP contribution in [0.25, 0.3) is 0 Å². The van der Waals surface area contributed by atoms with E-state index in [1.807, 2.05) is 0 Å². The molecular formula is C7H14N2O4S. The SMILES string of the molecule is CC(CN1CCN(C)S1(=O)=O)C(=O)O. The molecule has 0 radical (unpaired) electrons. The molecule has 0 amide bonds. The molecule has 1 unspecified atom stereocenters. The Morgan fingerprint density at radius 3 is 2.43 bits per heavy atom. The van der Waals surface area contributed by atoms with Gasteiger partial charge in [-0.1, -0.05) is 6.92 Å². The van der Waals surface area contributed by atoms with Crippen molar-refractivity contribution in [1.82, 2.24) is 8.61 Å². The first-order valence-electron chi connectivity index (χ1n) is 4.30. The third kappa shape index (κ3) is 2.05. The number of carboxylic acids is 1. The Labute approximate surface area is 83.3 Å². The fourth-order valence-corrected chi connectivity index (χ4v) is 2.68. The van der Waals surface area contributed by atoms with E-state index in [9.17, 15) is 13.2 Å². The van der Waals surface area contributed by atoms with Crippen molar-refractivity contribution >= 4 is 16.2 Å². The Morgan fingerprint density at radius 1 is 1.50 bits per heavy atom. The van der Waals surface area contributed by atoms with Gasteiger partial charge in [0.25, 0.3) is 10.2 Å². The number of carboxylic acid groups (broad SMARTS) is 1. The highest BCUT2D eigenvalue weighted by Crippen LogP contribution is 2.15. The van der Waals surface area contributed by atoms with Crippen molar-refractivity contribution in [3.8, 4) is 0 Å². The van der Waals surface area contributed by atoms with Crippen molar-refractivity contribution in [3.63, 3.8) is 0 Å². The summed E-state index contributed by atoms with van der Waals surface area (Å²) in [6.45, 7) is 2.34. The lowest BCUT2D eigenvalue weighted by molar-refractivity contribution is -0.141. The summed E-state index contributed by atoms with van der Waals surface area (Å²) in [6.07, 6.45) is 0. The number of hydrogen-bond donors (Lipinski definition) is 1. The van der Waals surface area contributed by atoms with E-state index in [0.717, 1.165) is 0 Å². The number of rotatable bonds is 3. The average molecular weight is 222 g/mol. The molecule has 1 heterocycles. The number of likely N-dealkylation sites (N-methyl/N-ethyl adjacent to an activating group) is 1. The van der Waals surface area contributed by atoms with Gasteiger partial charge in [-0.15, -0.1) is 0 Å². The van der Waals surface area contributed by atoms with Gasteiger partial charge in [0.05, 0.1) is 5.92 Å². The van der Waals surface area contributed by atoms with Gasteiger partial charge in [0.1, 0.15) is 0 Å². The maximum atomic E-state index is 11.5. The van der Waals surface area contributed by atoms with Crippen LogP contribution in [0.4, 0.5) is 0 Å². The molecule has 0 saturated carbocycles. The van der Waals surface area contributed by atoms with Crippen molar-refractivity contribution < 1.29 is 18.3 Å². The second kappa shape index (κ2) is 3.84. The van der Waals surface area contributed by atoms with Crippen LogP contribution in [0.5, 0.6) is 0 Å². The van der Waals surface area contributed by atoms with Gasteiger partial charge in [0.15, 0.2) is 0 Å². The topological polar surface area (TPSA) is 77.9 Å². The minimum atomic E-state index is -3.39. The van der Waals surface area contributed by atoms with Crippen LogP contribution in [0.15, 0.2) is 0 Å². The van der Waals surface area contributed by atoms with Crippen LogP contribution in [0.3, 0.4) is 0 Å². The van der Waals surface area contributed by atoms with Crippen LogP contribution < -0.4 is 0 Å². The van der Waals surface area contributed by atoms with Gasteiger partial charge in [-0.3, -0.25) is 4.79 Å². The molecule has 1 N–H and O–H groups in total. The molecule has 0 aliphatic carbocycles. The molecule has 0 aromatic rings. The Balaban J connectivity index is 2.68. The zero-order valence-electron chi connectivity index (χ0n) is 8.17. The van der Waals surface area contributed by atoms with E-state index in [2.05, 4.69) is 0 Å². The summed E-state index contributed by atoms with van der Waals surface area (Å²) in [5.74, 6) is -1.65. The summed E-state index contributed by atoms with van der Waals surface area (Å²) in [5, 5.41) is 8.64. The minimum absolute atomic E-state index is 0.0437. The van der Waals surface area contributed by atoms with Gasteiger partial charge in [-0.25, -0.2) is 0 Å². The van der Waals surface area contributed by atoms with Crippen molar-refractivity contribution in [3.05, 3.63) is 0 Å². The second-order valence-corrected chi connectivity index (χ2v) is 5.46. The van der Waals surface area contributed by atoms with E-state index < -0.39 is 22.1 Å². The fraction of sp³-hybridized carbons (Fsp3) is 0.857. The van der Waals surface area contributed by atoms with Crippen LogP contribution in [0, 0.1) is 5.92 Å². The molecule has 0 aromatic carbocycles. The van der Waals surface area contributed by atoms with Gasteiger partial charge in [0, 0.05) is 26.7 Å². The maximum absolute atomic E-state index is 11.5. The summed E-state index contributed by atoms with van der Waals surface area (Å²) < 4.78 is 25.4. The lowest BCUT2D eigenvalue weighted by Gasteiger charge is -2.17. The third-order valence-corrected chi connectivity index (χ3v) is 4.24. The number of hydrogen-bond acceptors (Lipinski definition) is 3. The third-order valence-electron chi connectivity index (χ3n) is 2.28. The van der Waals surface area contributed by atoms with E-state index in [4.69, 9.17) is 5.11 Å². The number of aliphatic carboxylic acids is 1. The van der Waals surface area contributed by atoms with E-state index in [1.54, 1.807) is 0 Å². The van der Waals surface area contributed by atoms with Crippen molar-refractivity contribution in [1.29, 1.82) is 0 Å². The predicted molar refractivity (Wildman–Crippen MR) is 49.9 cm³/mol. The van der Waals surface area contributed by atoms with E-state index in [0.29, 0.717) is 13.1 Å². The highest BCUT2D eigenvalue weighted by atomic mass is 32.2. The first kappa shape index (κ1) is 11.4. The smallest absolute Gasteiger partial charge is 0.307 e. The molecule has 1 rings (SSSR count). The molecule has 7 heteroatoms. The first-order valence-corrected chi connectivity index (χ1v) is 5.69. The van der Waals surface area contributed by atoms with Crippen LogP contribution in [-0.2, 0) is 15.0 Å². The number of nitrogens with zero attached hydrogens (tertiary/aromatic N) is 2. The van der Waals surface area contributed by atoms with E-state index in [-0.39, 0.29) is 6.54 Å². The average Bonchev–Trinajstić information content (AvgIpc) is 2.31. The van der Waals surface area contributed by atoms with Crippen molar-refractivity contribution in [2.24, 2.45) is 5.92 Å². The standard InChI is InChI=1S/C7H14N2O4S/c1-6(7(10)11)5-9-4-3-8(2)14(9,12)13/h6H,3-5H2,1-2H3,(H,10,11). The van der Waals surface area contributed by atoms with Crippen LogP contribution in [0.2, 0.25) is 0 Å². The molecule has 1 fully saturated rings. The van der Waals surface area contributed by atoms with Gasteiger partial charge in [0.2, 0.25) is 0 Å². The van der Waals surface area contributed by atoms with Crippen LogP contribution in [-0.4, -0.2) is 54.8 Å². The summed E-state index contributed by atoms with van der Waals surface area (Å²) in [5.41, 5.74) is 0. The van der Waals surface area contributed by atoms with Crippen molar-refractivity contribution in [2.75, 3.05) is 26.7 Å². The normalized spacial score (nSPS) is 25.0. The second-order valence-electron chi connectivity index (χ2n) is 3.43. The quantitative estimate of drug-likeness (QED) is 0.678. The van der Waals surface area contributed by atoms with Gasteiger partial charge >= 0.3 is 5.97 Å². The first-order chi connectivity index (χ1) is 6.35. The molecule has 0 aromatic heterocycles. The molecule has 14 heavy (non-hydrogen) atoms. The van der Waals surface area contributed by atoms with E-state index in [1.165, 1.54) is 22.6 Å². The minimum Gasteiger partial charge on any atom is -0.481 e. The molecule has 1 aliphatic heterocycles. The monoisotopic (exact) mass is 222 g/mol. The lowest BCUT2D eigenvalue weighted by Crippen LogP contribution is -2.35. The maximum Gasteiger partial charge on any atom is 0.307 e. The summed E-state index contributed by atoms with van der Waals surface area (Å²) >= 11 is 0. The molecule has 0 spiro atoms. The Hall–Kier alpha value is -0.660. The summed E-state index contributed by atoms with van der Waals surface area (Å²) in [7, 11) is -1.90. The Kier molecular flexibility index (Phi) is 3.13. The molecule has 1 atom stereocenters. The highest BCUT2D eigenvalue weighted by Gasteiger charge is 2.35. The Morgan fingerprint density at radius 2 is 2.07 bits per heavy atom. The zero-order valence-corrected chi connectivity index (χ0v) is 8.99. The molecular weight excluding hydrogens is 208 g/mol. The highest BCUT2D eigenvalue weighted by molar-refractivity contribution is 7.87. The summed E-state index contributed by atoms with van der Waals surface area (Å²) in [6, 6.07) is 0. The van der Waals surface area contributed by atoms with Gasteiger partial charge < -0.3 is 5.11 Å². The zero-order chi connectivity index (χ0) is 10.9. The molecule has 6 nitrogen and oxygen atoms in total. The predicted octanol–water partition coefficient (Wildman–Crippen LogP) is -0.801. The van der Waals surface area contributed by atoms with Gasteiger partial charge in [-0.2, -0.15) is 17.0 Å². The summed E-state index contributed by atoms with van der Waals surface area (Å²) in [4.78, 5) is 10.5. The van der Waals surface area contributed by atoms with E-state index >= 15 is 0 Å². The lowest BCUT2D eigenvalue weighted by atomic mass is 10.2. The fourth-order valence-electron chi connectivity index (χ4n) is 1.25. The van der Waals surface area contributed by atoms with Crippen LogP contribution in [0.1, 0.15) is 6.92 Å². The van der Waals surface area contributed by atoms with Gasteiger partial charge in [-0.05, 0) is 0 Å². The number of carbonyl (C=O) groups is 1. The molecule has 0 bridgehead atoms. The molecule has 1 aliphatic rings. The largest absolute Gasteiger partial charge is 0.481 e. The molecule has 1 saturated heterocycles.